The third kappa shape index (κ3) is 5.31. The highest BCUT2D eigenvalue weighted by atomic mass is 19.2. The molecule has 0 aliphatic rings. The van der Waals surface area contributed by atoms with E-state index in [2.05, 4.69) is 20.8 Å². The van der Waals surface area contributed by atoms with Crippen LogP contribution in [-0.4, -0.2) is 39.3 Å². The molecule has 29 heavy (non-hydrogen) atoms. The number of aromatic nitrogens is 4. The van der Waals surface area contributed by atoms with Crippen LogP contribution in [0.1, 0.15) is 17.4 Å². The van der Waals surface area contributed by atoms with Crippen molar-refractivity contribution in [1.29, 1.82) is 0 Å². The molecular weight excluding hydrogens is 387 g/mol. The van der Waals surface area contributed by atoms with Gasteiger partial charge in [0, 0.05) is 12.5 Å². The van der Waals surface area contributed by atoms with Crippen molar-refractivity contribution in [3.8, 4) is 5.75 Å². The largest absolute Gasteiger partial charge is 0.492 e. The first-order valence-electron chi connectivity index (χ1n) is 8.78. The fourth-order valence-electron chi connectivity index (χ4n) is 2.73. The minimum absolute atomic E-state index is 0.0398. The standard InChI is InChI=1S/C19H18F3N5O2/c1-12-24-25-26-27(12)18(10-13-3-2-4-14(20)9-13)19(28)23-7-8-29-15-5-6-16(21)17(22)11-15/h2-6,9,11,18H,7-8,10H2,1H3,(H,23,28). The van der Waals surface area contributed by atoms with Gasteiger partial charge < -0.3 is 10.1 Å². The van der Waals surface area contributed by atoms with Gasteiger partial charge in [-0.25, -0.2) is 17.9 Å². The maximum absolute atomic E-state index is 13.5. The van der Waals surface area contributed by atoms with E-state index in [1.165, 1.54) is 22.9 Å². The van der Waals surface area contributed by atoms with Crippen molar-refractivity contribution in [2.24, 2.45) is 0 Å². The molecule has 0 aliphatic carbocycles. The highest BCUT2D eigenvalue weighted by molar-refractivity contribution is 5.80. The predicted octanol–water partition coefficient (Wildman–Crippen LogP) is 2.38. The summed E-state index contributed by atoms with van der Waals surface area (Å²) in [4.78, 5) is 12.7. The molecule has 0 saturated heterocycles. The summed E-state index contributed by atoms with van der Waals surface area (Å²) in [6.07, 6.45) is 0.180. The second kappa shape index (κ2) is 9.18. The molecule has 2 aromatic carbocycles. The van der Waals surface area contributed by atoms with E-state index < -0.39 is 29.4 Å². The Labute approximate surface area is 164 Å². The molecule has 1 atom stereocenters. The average Bonchev–Trinajstić information content (AvgIpc) is 3.11. The summed E-state index contributed by atoms with van der Waals surface area (Å²) in [6, 6.07) is 8.29. The van der Waals surface area contributed by atoms with Gasteiger partial charge in [0.25, 0.3) is 0 Å². The molecule has 0 fully saturated rings. The fourth-order valence-corrected chi connectivity index (χ4v) is 2.73. The molecule has 1 amide bonds. The van der Waals surface area contributed by atoms with Crippen LogP contribution in [0.4, 0.5) is 13.2 Å². The van der Waals surface area contributed by atoms with Crippen LogP contribution >= 0.6 is 0 Å². The Balaban J connectivity index is 1.62. The van der Waals surface area contributed by atoms with Crippen molar-refractivity contribution in [3.05, 3.63) is 71.3 Å². The van der Waals surface area contributed by atoms with E-state index in [0.717, 1.165) is 12.1 Å². The minimum Gasteiger partial charge on any atom is -0.492 e. The third-order valence-electron chi connectivity index (χ3n) is 4.13. The van der Waals surface area contributed by atoms with Crippen LogP contribution < -0.4 is 10.1 Å². The lowest BCUT2D eigenvalue weighted by Crippen LogP contribution is -2.37. The number of hydrogen-bond donors (Lipinski definition) is 1. The Morgan fingerprint density at radius 2 is 2.00 bits per heavy atom. The minimum atomic E-state index is -1.02. The first-order chi connectivity index (χ1) is 13.9. The maximum Gasteiger partial charge on any atom is 0.245 e. The van der Waals surface area contributed by atoms with Gasteiger partial charge in [-0.15, -0.1) is 5.10 Å². The van der Waals surface area contributed by atoms with E-state index >= 15 is 0 Å². The van der Waals surface area contributed by atoms with Gasteiger partial charge in [-0.1, -0.05) is 12.1 Å². The number of amides is 1. The van der Waals surface area contributed by atoms with Crippen molar-refractivity contribution in [3.63, 3.8) is 0 Å². The lowest BCUT2D eigenvalue weighted by molar-refractivity contribution is -0.124. The summed E-state index contributed by atoms with van der Waals surface area (Å²) in [5, 5.41) is 13.9. The summed E-state index contributed by atoms with van der Waals surface area (Å²) in [5.41, 5.74) is 0.609. The number of tetrazole rings is 1. The van der Waals surface area contributed by atoms with E-state index in [1.807, 2.05) is 0 Å². The van der Waals surface area contributed by atoms with Gasteiger partial charge in [-0.2, -0.15) is 0 Å². The number of ether oxygens (including phenoxy) is 1. The van der Waals surface area contributed by atoms with Crippen molar-refractivity contribution in [1.82, 2.24) is 25.5 Å². The SMILES string of the molecule is Cc1nnnn1C(Cc1cccc(F)c1)C(=O)NCCOc1ccc(F)c(F)c1. The number of aryl methyl sites for hydroxylation is 1. The van der Waals surface area contributed by atoms with Crippen LogP contribution in [0.25, 0.3) is 0 Å². The van der Waals surface area contributed by atoms with Gasteiger partial charge in [-0.05, 0) is 47.2 Å². The number of halogens is 3. The van der Waals surface area contributed by atoms with E-state index in [9.17, 15) is 18.0 Å². The smallest absolute Gasteiger partial charge is 0.245 e. The Hall–Kier alpha value is -3.43. The van der Waals surface area contributed by atoms with Gasteiger partial charge in [0.15, 0.2) is 11.6 Å². The van der Waals surface area contributed by atoms with E-state index in [4.69, 9.17) is 4.74 Å². The molecular formula is C19H18F3N5O2. The van der Waals surface area contributed by atoms with Crippen LogP contribution in [0.3, 0.4) is 0 Å². The zero-order chi connectivity index (χ0) is 20.8. The molecule has 0 aliphatic heterocycles. The summed E-state index contributed by atoms with van der Waals surface area (Å²) in [6.45, 7) is 1.80. The highest BCUT2D eigenvalue weighted by Crippen LogP contribution is 2.17. The van der Waals surface area contributed by atoms with Crippen LogP contribution in [0.2, 0.25) is 0 Å². The fraction of sp³-hybridized carbons (Fsp3) is 0.263. The van der Waals surface area contributed by atoms with Crippen LogP contribution in [0, 0.1) is 24.4 Å². The van der Waals surface area contributed by atoms with Crippen LogP contribution in [0.5, 0.6) is 5.75 Å². The number of carbonyl (C=O) groups is 1. The van der Waals surface area contributed by atoms with Gasteiger partial charge in [0.05, 0.1) is 6.54 Å². The first-order valence-corrected chi connectivity index (χ1v) is 8.78. The van der Waals surface area contributed by atoms with E-state index in [-0.39, 0.29) is 25.3 Å². The zero-order valence-corrected chi connectivity index (χ0v) is 15.5. The summed E-state index contributed by atoms with van der Waals surface area (Å²) >= 11 is 0. The number of nitrogens with zero attached hydrogens (tertiary/aromatic N) is 4. The Kier molecular flexibility index (Phi) is 6.43. The summed E-state index contributed by atoms with van der Waals surface area (Å²) < 4.78 is 46.3. The van der Waals surface area contributed by atoms with Crippen LogP contribution in [0.15, 0.2) is 42.5 Å². The van der Waals surface area contributed by atoms with Crippen molar-refractivity contribution in [2.45, 2.75) is 19.4 Å². The molecule has 10 heteroatoms. The molecule has 0 saturated carbocycles. The van der Waals surface area contributed by atoms with Gasteiger partial charge >= 0.3 is 0 Å². The molecule has 1 heterocycles. The molecule has 1 aromatic heterocycles. The number of nitrogens with one attached hydrogen (secondary N) is 1. The Morgan fingerprint density at radius 1 is 1.17 bits per heavy atom. The number of hydrogen-bond acceptors (Lipinski definition) is 5. The normalized spacial score (nSPS) is 11.9. The molecule has 152 valence electrons. The molecule has 0 radical (unpaired) electrons. The summed E-state index contributed by atoms with van der Waals surface area (Å²) in [7, 11) is 0. The molecule has 7 nitrogen and oxygen atoms in total. The number of benzene rings is 2. The van der Waals surface area contributed by atoms with Gasteiger partial charge in [0.2, 0.25) is 5.91 Å². The van der Waals surface area contributed by atoms with Crippen molar-refractivity contribution < 1.29 is 22.7 Å². The molecule has 1 N–H and O–H groups in total. The van der Waals surface area contributed by atoms with Crippen molar-refractivity contribution in [2.75, 3.05) is 13.2 Å². The van der Waals surface area contributed by atoms with Gasteiger partial charge in [0.1, 0.15) is 30.0 Å². The van der Waals surface area contributed by atoms with E-state index in [0.29, 0.717) is 11.4 Å². The molecule has 1 unspecified atom stereocenters. The second-order valence-electron chi connectivity index (χ2n) is 6.24. The monoisotopic (exact) mass is 405 g/mol. The topological polar surface area (TPSA) is 81.9 Å². The number of carbonyl (C=O) groups excluding carboxylic acids is 1. The first kappa shape index (κ1) is 20.3. The molecule has 0 spiro atoms. The summed E-state index contributed by atoms with van der Waals surface area (Å²) in [5.74, 6) is -2.21. The predicted molar refractivity (Wildman–Crippen MR) is 96.6 cm³/mol. The Bertz CT molecular complexity index is 995. The number of rotatable bonds is 8. The molecule has 0 bridgehead atoms. The highest BCUT2D eigenvalue weighted by Gasteiger charge is 2.24. The average molecular weight is 405 g/mol. The van der Waals surface area contributed by atoms with Gasteiger partial charge in [-0.3, -0.25) is 4.79 Å². The second-order valence-corrected chi connectivity index (χ2v) is 6.24. The maximum atomic E-state index is 13.5. The lowest BCUT2D eigenvalue weighted by Gasteiger charge is -2.18. The molecule has 3 aromatic rings. The van der Waals surface area contributed by atoms with E-state index in [1.54, 1.807) is 19.1 Å². The Morgan fingerprint density at radius 3 is 2.69 bits per heavy atom. The zero-order valence-electron chi connectivity index (χ0n) is 15.5. The third-order valence-corrected chi connectivity index (χ3v) is 4.13. The van der Waals surface area contributed by atoms with Crippen molar-refractivity contribution >= 4 is 5.91 Å². The lowest BCUT2D eigenvalue weighted by atomic mass is 10.1. The molecule has 3 rings (SSSR count). The quantitative estimate of drug-likeness (QED) is 0.582. The van der Waals surface area contributed by atoms with Crippen LogP contribution in [-0.2, 0) is 11.2 Å².